The summed E-state index contributed by atoms with van der Waals surface area (Å²) < 4.78 is 0.927. The first-order valence-corrected chi connectivity index (χ1v) is 7.16. The van der Waals surface area contributed by atoms with Crippen LogP contribution in [0.4, 0.5) is 0 Å². The van der Waals surface area contributed by atoms with Gasteiger partial charge in [0, 0.05) is 16.0 Å². The highest BCUT2D eigenvalue weighted by Gasteiger charge is 2.30. The fourth-order valence-electron chi connectivity index (χ4n) is 3.04. The molecule has 0 spiro atoms. The van der Waals surface area contributed by atoms with Crippen molar-refractivity contribution in [3.05, 3.63) is 34.3 Å². The summed E-state index contributed by atoms with van der Waals surface area (Å²) in [5.41, 5.74) is 0.846. The number of carbonyl (C=O) groups excluding carboxylic acids is 1. The van der Waals surface area contributed by atoms with Crippen molar-refractivity contribution < 1.29 is 4.79 Å². The van der Waals surface area contributed by atoms with E-state index in [1.54, 1.807) is 0 Å². The Labute approximate surface area is 112 Å². The van der Waals surface area contributed by atoms with Gasteiger partial charge in [-0.15, -0.1) is 0 Å². The Balaban J connectivity index is 2.17. The van der Waals surface area contributed by atoms with Gasteiger partial charge in [-0.25, -0.2) is 0 Å². The fraction of sp³-hybridized carbons (Fsp3) is 0.533. The molecule has 1 fully saturated rings. The van der Waals surface area contributed by atoms with Crippen LogP contribution >= 0.6 is 15.9 Å². The summed E-state index contributed by atoms with van der Waals surface area (Å²) in [5, 5.41) is 0. The first kappa shape index (κ1) is 12.8. The van der Waals surface area contributed by atoms with Crippen LogP contribution in [0.25, 0.3) is 0 Å². The van der Waals surface area contributed by atoms with Crippen LogP contribution < -0.4 is 0 Å². The van der Waals surface area contributed by atoms with Gasteiger partial charge in [0.2, 0.25) is 0 Å². The first-order valence-electron chi connectivity index (χ1n) is 6.36. The van der Waals surface area contributed by atoms with Crippen LogP contribution in [0, 0.1) is 17.8 Å². The lowest BCUT2D eigenvalue weighted by molar-refractivity contribution is 0.0835. The summed E-state index contributed by atoms with van der Waals surface area (Å²) in [6, 6.07) is 7.76. The molecule has 0 N–H and O–H groups in total. The van der Waals surface area contributed by atoms with Crippen molar-refractivity contribution in [2.45, 2.75) is 33.1 Å². The monoisotopic (exact) mass is 294 g/mol. The van der Waals surface area contributed by atoms with E-state index in [-0.39, 0.29) is 5.92 Å². The summed E-state index contributed by atoms with van der Waals surface area (Å²) >= 11 is 3.47. The number of ketones is 1. The fourth-order valence-corrected chi connectivity index (χ4v) is 3.52. The third-order valence-corrected chi connectivity index (χ3v) is 4.38. The van der Waals surface area contributed by atoms with E-state index in [0.717, 1.165) is 22.9 Å². The van der Waals surface area contributed by atoms with Gasteiger partial charge in [-0.3, -0.25) is 4.79 Å². The molecule has 1 saturated carbocycles. The van der Waals surface area contributed by atoms with Crippen molar-refractivity contribution in [2.75, 3.05) is 0 Å². The molecule has 1 nitrogen and oxygen atoms in total. The molecule has 0 amide bonds. The summed E-state index contributed by atoms with van der Waals surface area (Å²) in [7, 11) is 0. The van der Waals surface area contributed by atoms with Crippen molar-refractivity contribution in [3.63, 3.8) is 0 Å². The number of hydrogen-bond acceptors (Lipinski definition) is 1. The van der Waals surface area contributed by atoms with Crippen molar-refractivity contribution in [3.8, 4) is 0 Å². The Kier molecular flexibility index (Phi) is 4.03. The van der Waals surface area contributed by atoms with Gasteiger partial charge in [0.15, 0.2) is 5.78 Å². The molecule has 1 aliphatic rings. The highest BCUT2D eigenvalue weighted by Crippen LogP contribution is 2.35. The molecule has 0 heterocycles. The molecule has 0 aliphatic heterocycles. The van der Waals surface area contributed by atoms with Crippen LogP contribution in [0.2, 0.25) is 0 Å². The molecule has 2 atom stereocenters. The Hall–Kier alpha value is -0.630. The van der Waals surface area contributed by atoms with E-state index in [1.807, 2.05) is 24.3 Å². The second-order valence-corrected chi connectivity index (χ2v) is 6.31. The minimum Gasteiger partial charge on any atom is -0.294 e. The van der Waals surface area contributed by atoms with Crippen LogP contribution in [-0.2, 0) is 0 Å². The van der Waals surface area contributed by atoms with E-state index in [2.05, 4.69) is 29.8 Å². The van der Waals surface area contributed by atoms with Gasteiger partial charge in [-0.1, -0.05) is 48.0 Å². The number of hydrogen-bond donors (Lipinski definition) is 0. The predicted molar refractivity (Wildman–Crippen MR) is 74.1 cm³/mol. The van der Waals surface area contributed by atoms with E-state index in [4.69, 9.17) is 0 Å². The highest BCUT2D eigenvalue weighted by atomic mass is 79.9. The van der Waals surface area contributed by atoms with Crippen molar-refractivity contribution in [2.24, 2.45) is 17.8 Å². The quantitative estimate of drug-likeness (QED) is 0.722. The minimum atomic E-state index is 0.215. The molecule has 2 heteroatoms. The van der Waals surface area contributed by atoms with Gasteiger partial charge in [-0.2, -0.15) is 0 Å². The Morgan fingerprint density at radius 1 is 1.12 bits per heavy atom. The van der Waals surface area contributed by atoms with E-state index in [0.29, 0.717) is 17.6 Å². The second-order valence-electron chi connectivity index (χ2n) is 5.46. The third kappa shape index (κ3) is 2.98. The molecule has 1 aromatic rings. The largest absolute Gasteiger partial charge is 0.294 e. The smallest absolute Gasteiger partial charge is 0.167 e. The van der Waals surface area contributed by atoms with Gasteiger partial charge in [-0.05, 0) is 37.2 Å². The zero-order valence-electron chi connectivity index (χ0n) is 10.4. The van der Waals surface area contributed by atoms with Gasteiger partial charge in [0.1, 0.15) is 0 Å². The molecule has 92 valence electrons. The normalized spacial score (nSPS) is 29.0. The molecule has 2 rings (SSSR count). The maximum Gasteiger partial charge on any atom is 0.167 e. The van der Waals surface area contributed by atoms with Crippen molar-refractivity contribution in [1.29, 1.82) is 0 Å². The van der Waals surface area contributed by atoms with E-state index < -0.39 is 0 Å². The number of halogens is 1. The average Bonchev–Trinajstić information content (AvgIpc) is 2.27. The predicted octanol–water partition coefficient (Wildman–Crippen LogP) is 4.70. The maximum absolute atomic E-state index is 12.5. The van der Waals surface area contributed by atoms with Crippen molar-refractivity contribution >= 4 is 21.7 Å². The SMILES string of the molecule is CC1CC(C)CC(C(=O)c2ccccc2Br)C1. The molecule has 0 saturated heterocycles. The molecule has 0 bridgehead atoms. The van der Waals surface area contributed by atoms with Gasteiger partial charge >= 0.3 is 0 Å². The summed E-state index contributed by atoms with van der Waals surface area (Å²) in [6.07, 6.45) is 3.36. The van der Waals surface area contributed by atoms with E-state index >= 15 is 0 Å². The van der Waals surface area contributed by atoms with E-state index in [1.165, 1.54) is 6.42 Å². The second kappa shape index (κ2) is 5.34. The third-order valence-electron chi connectivity index (χ3n) is 3.69. The molecular weight excluding hydrogens is 276 g/mol. The Morgan fingerprint density at radius 3 is 2.29 bits per heavy atom. The highest BCUT2D eigenvalue weighted by molar-refractivity contribution is 9.10. The standard InChI is InChI=1S/C15H19BrO/c1-10-7-11(2)9-12(8-10)15(17)13-5-3-4-6-14(13)16/h3-6,10-12H,7-9H2,1-2H3. The van der Waals surface area contributed by atoms with Crippen LogP contribution in [0.15, 0.2) is 28.7 Å². The zero-order valence-corrected chi connectivity index (χ0v) is 12.0. The minimum absolute atomic E-state index is 0.215. The number of Topliss-reactive ketones (excluding diaryl/α,β-unsaturated/α-hetero) is 1. The zero-order chi connectivity index (χ0) is 12.4. The molecule has 0 aromatic heterocycles. The molecule has 2 unspecified atom stereocenters. The molecule has 1 aromatic carbocycles. The van der Waals surface area contributed by atoms with Gasteiger partial charge < -0.3 is 0 Å². The molecule has 17 heavy (non-hydrogen) atoms. The van der Waals surface area contributed by atoms with Crippen LogP contribution in [0.5, 0.6) is 0 Å². The van der Waals surface area contributed by atoms with Gasteiger partial charge in [0.05, 0.1) is 0 Å². The Bertz CT molecular complexity index is 403. The lowest BCUT2D eigenvalue weighted by Gasteiger charge is -2.30. The lowest BCUT2D eigenvalue weighted by atomic mass is 9.74. The Morgan fingerprint density at radius 2 is 1.71 bits per heavy atom. The average molecular weight is 295 g/mol. The van der Waals surface area contributed by atoms with Gasteiger partial charge in [0.25, 0.3) is 0 Å². The molecule has 0 radical (unpaired) electrons. The van der Waals surface area contributed by atoms with E-state index in [9.17, 15) is 4.79 Å². The molecular formula is C15H19BrO. The van der Waals surface area contributed by atoms with Crippen LogP contribution in [-0.4, -0.2) is 5.78 Å². The lowest BCUT2D eigenvalue weighted by Crippen LogP contribution is -2.26. The molecule has 1 aliphatic carbocycles. The summed E-state index contributed by atoms with van der Waals surface area (Å²) in [4.78, 5) is 12.5. The maximum atomic E-state index is 12.5. The first-order chi connectivity index (χ1) is 8.08. The topological polar surface area (TPSA) is 17.1 Å². The number of carbonyl (C=O) groups is 1. The van der Waals surface area contributed by atoms with Crippen LogP contribution in [0.1, 0.15) is 43.5 Å². The number of rotatable bonds is 2. The summed E-state index contributed by atoms with van der Waals surface area (Å²) in [6.45, 7) is 4.52. The summed E-state index contributed by atoms with van der Waals surface area (Å²) in [5.74, 6) is 1.88. The van der Waals surface area contributed by atoms with Crippen LogP contribution in [0.3, 0.4) is 0 Å². The van der Waals surface area contributed by atoms with Crippen molar-refractivity contribution in [1.82, 2.24) is 0 Å². The number of benzene rings is 1.